The second-order valence-corrected chi connectivity index (χ2v) is 4.03. The van der Waals surface area contributed by atoms with Crippen LogP contribution in [0.5, 0.6) is 0 Å². The maximum absolute atomic E-state index is 9.55. The normalized spacial score (nSPS) is 13.9. The first kappa shape index (κ1) is 14.9. The minimum atomic E-state index is -1.26. The van der Waals surface area contributed by atoms with E-state index >= 15 is 0 Å². The lowest BCUT2D eigenvalue weighted by Gasteiger charge is -2.01. The van der Waals surface area contributed by atoms with Crippen molar-refractivity contribution >= 4 is 11.9 Å². The fourth-order valence-electron chi connectivity index (χ4n) is 1.76. The summed E-state index contributed by atoms with van der Waals surface area (Å²) in [5, 5.41) is 19.0. The summed E-state index contributed by atoms with van der Waals surface area (Å²) in [5.41, 5.74) is 3.05. The van der Waals surface area contributed by atoms with Crippen LogP contribution in [0.4, 0.5) is 0 Å². The van der Waals surface area contributed by atoms with E-state index in [0.717, 1.165) is 13.1 Å². The van der Waals surface area contributed by atoms with E-state index in [1.54, 1.807) is 0 Å². The summed E-state index contributed by atoms with van der Waals surface area (Å²) in [4.78, 5) is 19.1. The second-order valence-electron chi connectivity index (χ2n) is 4.03. The number of carbonyl (C=O) groups is 2. The number of carboxylic acids is 2. The average molecular weight is 263 g/mol. The molecule has 1 aromatic carbocycles. The molecular formula is C14H17NO4. The van der Waals surface area contributed by atoms with Gasteiger partial charge in [0.2, 0.25) is 0 Å². The summed E-state index contributed by atoms with van der Waals surface area (Å²) < 4.78 is 0. The molecule has 0 bridgehead atoms. The van der Waals surface area contributed by atoms with E-state index in [9.17, 15) is 9.59 Å². The molecule has 1 heterocycles. The molecule has 0 fully saturated rings. The zero-order valence-electron chi connectivity index (χ0n) is 10.5. The molecule has 0 saturated carbocycles. The lowest BCUT2D eigenvalue weighted by atomic mass is 10.0. The van der Waals surface area contributed by atoms with Gasteiger partial charge in [0.25, 0.3) is 0 Å². The number of aliphatic carboxylic acids is 2. The van der Waals surface area contributed by atoms with Gasteiger partial charge in [-0.05, 0) is 37.1 Å². The molecule has 5 nitrogen and oxygen atoms in total. The third-order valence-corrected chi connectivity index (χ3v) is 2.63. The number of carboxylic acid groups (broad SMARTS) is 2. The van der Waals surface area contributed by atoms with E-state index in [1.165, 1.54) is 24.0 Å². The van der Waals surface area contributed by atoms with Gasteiger partial charge < -0.3 is 15.5 Å². The van der Waals surface area contributed by atoms with Crippen LogP contribution < -0.4 is 5.32 Å². The summed E-state index contributed by atoms with van der Waals surface area (Å²) in [5.74, 6) is -2.51. The molecule has 0 unspecified atom stereocenters. The van der Waals surface area contributed by atoms with Crippen molar-refractivity contribution in [2.75, 3.05) is 13.1 Å². The van der Waals surface area contributed by atoms with Gasteiger partial charge in [0.1, 0.15) is 0 Å². The van der Waals surface area contributed by atoms with E-state index < -0.39 is 11.9 Å². The largest absolute Gasteiger partial charge is 0.478 e. The Morgan fingerprint density at radius 1 is 0.947 bits per heavy atom. The summed E-state index contributed by atoms with van der Waals surface area (Å²) in [7, 11) is 0. The first-order valence-electron chi connectivity index (χ1n) is 6.01. The van der Waals surface area contributed by atoms with Gasteiger partial charge in [0.05, 0.1) is 0 Å². The molecule has 2 rings (SSSR count). The molecule has 19 heavy (non-hydrogen) atoms. The number of benzene rings is 1. The maximum atomic E-state index is 9.55. The van der Waals surface area contributed by atoms with E-state index in [-0.39, 0.29) is 0 Å². The smallest absolute Gasteiger partial charge is 0.328 e. The summed E-state index contributed by atoms with van der Waals surface area (Å²) in [6.45, 7) is 2.27. The van der Waals surface area contributed by atoms with Gasteiger partial charge in [0.15, 0.2) is 0 Å². The van der Waals surface area contributed by atoms with Crippen LogP contribution in [-0.4, -0.2) is 35.2 Å². The quantitative estimate of drug-likeness (QED) is 0.695. The monoisotopic (exact) mass is 263 g/mol. The molecule has 1 aliphatic heterocycles. The Balaban J connectivity index is 0.000000203. The van der Waals surface area contributed by atoms with Crippen LogP contribution in [0.3, 0.4) is 0 Å². The highest BCUT2D eigenvalue weighted by molar-refractivity contribution is 5.89. The Morgan fingerprint density at radius 2 is 1.37 bits per heavy atom. The highest BCUT2D eigenvalue weighted by atomic mass is 16.4. The molecule has 5 heteroatoms. The Hall–Kier alpha value is -2.14. The zero-order valence-corrected chi connectivity index (χ0v) is 10.5. The van der Waals surface area contributed by atoms with E-state index in [2.05, 4.69) is 29.6 Å². The summed E-state index contributed by atoms with van der Waals surface area (Å²) >= 11 is 0. The minimum absolute atomic E-state index is 0.558. The van der Waals surface area contributed by atoms with Crippen LogP contribution >= 0.6 is 0 Å². The Morgan fingerprint density at radius 3 is 1.74 bits per heavy atom. The van der Waals surface area contributed by atoms with Gasteiger partial charge >= 0.3 is 11.9 Å². The molecule has 102 valence electrons. The van der Waals surface area contributed by atoms with E-state index in [4.69, 9.17) is 10.2 Å². The van der Waals surface area contributed by atoms with Crippen molar-refractivity contribution in [2.24, 2.45) is 0 Å². The predicted octanol–water partition coefficient (Wildman–Crippen LogP) is 1.09. The fourth-order valence-corrected chi connectivity index (χ4v) is 1.76. The van der Waals surface area contributed by atoms with Gasteiger partial charge in [-0.2, -0.15) is 0 Å². The summed E-state index contributed by atoms with van der Waals surface area (Å²) in [6, 6.07) is 8.74. The van der Waals surface area contributed by atoms with Crippen molar-refractivity contribution in [1.82, 2.24) is 5.32 Å². The molecule has 0 radical (unpaired) electrons. The molecule has 0 aromatic heterocycles. The van der Waals surface area contributed by atoms with Crippen LogP contribution in [0.2, 0.25) is 0 Å². The standard InChI is InChI=1S/C10H13N.C4H4O4/c1-2-4-10-6-8-11-7-5-9(10)3-1;5-3(6)1-2-4(7)8/h1-4,11H,5-8H2;1-2H,(H,5,6)(H,7,8). The van der Waals surface area contributed by atoms with Crippen molar-refractivity contribution in [3.63, 3.8) is 0 Å². The third kappa shape index (κ3) is 6.38. The Bertz CT molecular complexity index is 427. The Kier molecular flexibility index (Phi) is 6.32. The molecule has 1 aromatic rings. The maximum Gasteiger partial charge on any atom is 0.328 e. The minimum Gasteiger partial charge on any atom is -0.478 e. The van der Waals surface area contributed by atoms with Gasteiger partial charge in [-0.3, -0.25) is 0 Å². The van der Waals surface area contributed by atoms with Gasteiger partial charge in [-0.25, -0.2) is 9.59 Å². The fraction of sp³-hybridized carbons (Fsp3) is 0.286. The molecule has 0 amide bonds. The number of nitrogens with one attached hydrogen (secondary N) is 1. The number of rotatable bonds is 2. The molecule has 0 spiro atoms. The van der Waals surface area contributed by atoms with Gasteiger partial charge in [0, 0.05) is 12.2 Å². The highest BCUT2D eigenvalue weighted by Crippen LogP contribution is 2.11. The first-order valence-corrected chi connectivity index (χ1v) is 6.01. The number of hydrogen-bond acceptors (Lipinski definition) is 3. The van der Waals surface area contributed by atoms with Gasteiger partial charge in [-0.1, -0.05) is 24.3 Å². The average Bonchev–Trinajstić information content (AvgIpc) is 2.62. The SMILES string of the molecule is O=C(O)C=CC(=O)O.c1ccc2c(c1)CCNCC2. The topological polar surface area (TPSA) is 86.6 Å². The molecule has 3 N–H and O–H groups in total. The molecule has 0 aliphatic carbocycles. The lowest BCUT2D eigenvalue weighted by molar-refractivity contribution is -0.134. The first-order chi connectivity index (χ1) is 9.09. The Labute approximate surface area is 111 Å². The lowest BCUT2D eigenvalue weighted by Crippen LogP contribution is -2.16. The van der Waals surface area contributed by atoms with E-state index in [0.29, 0.717) is 12.2 Å². The second kappa shape index (κ2) is 8.05. The number of fused-ring (bicyclic) bond motifs is 1. The molecule has 1 aliphatic rings. The van der Waals surface area contributed by atoms with Crippen molar-refractivity contribution in [3.05, 3.63) is 47.5 Å². The molecule has 0 atom stereocenters. The predicted molar refractivity (Wildman–Crippen MR) is 71.1 cm³/mol. The van der Waals surface area contributed by atoms with Crippen molar-refractivity contribution in [1.29, 1.82) is 0 Å². The van der Waals surface area contributed by atoms with Crippen molar-refractivity contribution in [3.8, 4) is 0 Å². The van der Waals surface area contributed by atoms with Crippen LogP contribution in [0, 0.1) is 0 Å². The zero-order chi connectivity index (χ0) is 14.1. The van der Waals surface area contributed by atoms with Crippen LogP contribution in [0.15, 0.2) is 36.4 Å². The summed E-state index contributed by atoms with van der Waals surface area (Å²) in [6.07, 6.45) is 3.50. The van der Waals surface area contributed by atoms with Crippen molar-refractivity contribution in [2.45, 2.75) is 12.8 Å². The van der Waals surface area contributed by atoms with E-state index in [1.807, 2.05) is 0 Å². The van der Waals surface area contributed by atoms with Crippen LogP contribution in [0.1, 0.15) is 11.1 Å². The van der Waals surface area contributed by atoms with Crippen LogP contribution in [-0.2, 0) is 22.4 Å². The molecule has 0 saturated heterocycles. The number of hydrogen-bond donors (Lipinski definition) is 3. The van der Waals surface area contributed by atoms with Gasteiger partial charge in [-0.15, -0.1) is 0 Å². The molecular weight excluding hydrogens is 246 g/mol. The third-order valence-electron chi connectivity index (χ3n) is 2.63. The van der Waals surface area contributed by atoms with Crippen LogP contribution in [0.25, 0.3) is 0 Å². The van der Waals surface area contributed by atoms with Crippen molar-refractivity contribution < 1.29 is 19.8 Å². The highest BCUT2D eigenvalue weighted by Gasteiger charge is 2.04.